The van der Waals surface area contributed by atoms with Gasteiger partial charge in [0.2, 0.25) is 0 Å². The summed E-state index contributed by atoms with van der Waals surface area (Å²) in [6.07, 6.45) is 1.84. The van der Waals surface area contributed by atoms with Crippen LogP contribution in [0.2, 0.25) is 0 Å². The maximum atomic E-state index is 10.7. The van der Waals surface area contributed by atoms with Crippen molar-refractivity contribution < 1.29 is 9.90 Å². The van der Waals surface area contributed by atoms with Crippen molar-refractivity contribution in [2.24, 2.45) is 0 Å². The van der Waals surface area contributed by atoms with Crippen molar-refractivity contribution in [3.05, 3.63) is 21.5 Å². The average molecular weight is 279 g/mol. The van der Waals surface area contributed by atoms with Crippen LogP contribution in [0.3, 0.4) is 0 Å². The van der Waals surface area contributed by atoms with Crippen LogP contribution in [0, 0.1) is 3.57 Å². The molecule has 0 saturated heterocycles. The van der Waals surface area contributed by atoms with Gasteiger partial charge in [0.25, 0.3) is 0 Å². The Balaban J connectivity index is 3.17. The van der Waals surface area contributed by atoms with E-state index >= 15 is 0 Å². The zero-order valence-corrected chi connectivity index (χ0v) is 9.07. The van der Waals surface area contributed by atoms with Gasteiger partial charge in [0, 0.05) is 15.8 Å². The van der Waals surface area contributed by atoms with E-state index in [0.29, 0.717) is 5.69 Å². The van der Waals surface area contributed by atoms with Crippen LogP contribution in [0.15, 0.2) is 12.3 Å². The normalized spacial score (nSPS) is 10.7. The summed E-state index contributed by atoms with van der Waals surface area (Å²) in [5.41, 5.74) is 0.356. The Morgan fingerprint density at radius 3 is 2.58 bits per heavy atom. The van der Waals surface area contributed by atoms with E-state index in [2.05, 4.69) is 22.6 Å². The van der Waals surface area contributed by atoms with Crippen LogP contribution < -0.4 is 0 Å². The Morgan fingerprint density at radius 2 is 2.25 bits per heavy atom. The fourth-order valence-electron chi connectivity index (χ4n) is 1.04. The second kappa shape index (κ2) is 3.47. The quantitative estimate of drug-likeness (QED) is 0.844. The molecule has 1 N–H and O–H groups in total. The summed E-state index contributed by atoms with van der Waals surface area (Å²) in [5, 5.41) is 8.80. The van der Waals surface area contributed by atoms with Gasteiger partial charge < -0.3 is 9.67 Å². The highest BCUT2D eigenvalue weighted by atomic mass is 127. The minimum absolute atomic E-state index is 0.194. The predicted molar refractivity (Wildman–Crippen MR) is 54.5 cm³/mol. The van der Waals surface area contributed by atoms with Crippen LogP contribution >= 0.6 is 22.6 Å². The van der Waals surface area contributed by atoms with E-state index in [1.165, 1.54) is 0 Å². The van der Waals surface area contributed by atoms with E-state index in [9.17, 15) is 4.79 Å². The SMILES string of the molecule is CC(C)n1cc(I)cc1C(=O)O. The van der Waals surface area contributed by atoms with Crippen LogP contribution in [0.1, 0.15) is 30.4 Å². The fourth-order valence-corrected chi connectivity index (χ4v) is 1.64. The molecule has 0 radical (unpaired) electrons. The molecule has 12 heavy (non-hydrogen) atoms. The first-order valence-electron chi connectivity index (χ1n) is 3.63. The van der Waals surface area contributed by atoms with Crippen LogP contribution in [-0.4, -0.2) is 15.6 Å². The molecule has 0 spiro atoms. The number of hydrogen-bond acceptors (Lipinski definition) is 1. The lowest BCUT2D eigenvalue weighted by Gasteiger charge is -2.08. The summed E-state index contributed by atoms with van der Waals surface area (Å²) < 4.78 is 2.71. The molecule has 1 aromatic rings. The number of nitrogens with zero attached hydrogens (tertiary/aromatic N) is 1. The molecule has 0 aromatic carbocycles. The Hall–Kier alpha value is -0.520. The first-order chi connectivity index (χ1) is 5.52. The molecule has 0 aliphatic rings. The molecule has 4 heteroatoms. The van der Waals surface area contributed by atoms with Gasteiger partial charge in [-0.2, -0.15) is 0 Å². The third-order valence-electron chi connectivity index (χ3n) is 1.59. The van der Waals surface area contributed by atoms with Crippen LogP contribution in [0.25, 0.3) is 0 Å². The lowest BCUT2D eigenvalue weighted by atomic mass is 10.3. The summed E-state index contributed by atoms with van der Waals surface area (Å²) in [5.74, 6) is -0.869. The van der Waals surface area contributed by atoms with Gasteiger partial charge in [0.1, 0.15) is 5.69 Å². The van der Waals surface area contributed by atoms with E-state index in [4.69, 9.17) is 5.11 Å². The molecule has 0 aliphatic carbocycles. The molecule has 0 unspecified atom stereocenters. The van der Waals surface area contributed by atoms with Crippen molar-refractivity contribution in [2.75, 3.05) is 0 Å². The van der Waals surface area contributed by atoms with E-state index in [1.807, 2.05) is 20.0 Å². The van der Waals surface area contributed by atoms with Gasteiger partial charge in [0.15, 0.2) is 0 Å². The topological polar surface area (TPSA) is 42.2 Å². The minimum Gasteiger partial charge on any atom is -0.477 e. The second-order valence-electron chi connectivity index (χ2n) is 2.85. The zero-order chi connectivity index (χ0) is 9.30. The highest BCUT2D eigenvalue weighted by Crippen LogP contribution is 2.16. The number of carboxylic acids is 1. The molecule has 0 atom stereocenters. The average Bonchev–Trinajstić information content (AvgIpc) is 2.31. The molecule has 1 heterocycles. The number of aromatic carboxylic acids is 1. The molecule has 0 amide bonds. The molecule has 3 nitrogen and oxygen atoms in total. The van der Waals surface area contributed by atoms with Crippen LogP contribution in [-0.2, 0) is 0 Å². The lowest BCUT2D eigenvalue weighted by Crippen LogP contribution is -2.09. The lowest BCUT2D eigenvalue weighted by molar-refractivity contribution is 0.0683. The first-order valence-corrected chi connectivity index (χ1v) is 4.71. The molecular formula is C8H10INO2. The monoisotopic (exact) mass is 279 g/mol. The van der Waals surface area contributed by atoms with Crippen molar-refractivity contribution in [3.8, 4) is 0 Å². The van der Waals surface area contributed by atoms with Gasteiger partial charge >= 0.3 is 5.97 Å². The summed E-state index contributed by atoms with van der Waals surface area (Å²) in [6, 6.07) is 1.86. The number of rotatable bonds is 2. The number of hydrogen-bond donors (Lipinski definition) is 1. The molecule has 0 bridgehead atoms. The Kier molecular flexibility index (Phi) is 2.76. The van der Waals surface area contributed by atoms with E-state index in [0.717, 1.165) is 3.57 Å². The summed E-state index contributed by atoms with van der Waals surface area (Å²) in [6.45, 7) is 3.92. The van der Waals surface area contributed by atoms with Crippen LogP contribution in [0.5, 0.6) is 0 Å². The summed E-state index contributed by atoms with van der Waals surface area (Å²) >= 11 is 2.11. The fraction of sp³-hybridized carbons (Fsp3) is 0.375. The molecular weight excluding hydrogens is 269 g/mol. The summed E-state index contributed by atoms with van der Waals surface area (Å²) in [4.78, 5) is 10.7. The Labute approximate surface area is 84.5 Å². The van der Waals surface area contributed by atoms with Crippen molar-refractivity contribution in [1.29, 1.82) is 0 Å². The molecule has 0 saturated carbocycles. The number of aromatic nitrogens is 1. The van der Waals surface area contributed by atoms with E-state index in [1.54, 1.807) is 10.6 Å². The Bertz CT molecular complexity index is 304. The zero-order valence-electron chi connectivity index (χ0n) is 6.91. The maximum absolute atomic E-state index is 10.7. The van der Waals surface area contributed by atoms with Gasteiger partial charge in [0.05, 0.1) is 0 Å². The molecule has 1 rings (SSSR count). The second-order valence-corrected chi connectivity index (χ2v) is 4.10. The third kappa shape index (κ3) is 1.80. The minimum atomic E-state index is -0.869. The molecule has 0 aliphatic heterocycles. The van der Waals surface area contributed by atoms with Crippen LogP contribution in [0.4, 0.5) is 0 Å². The number of carboxylic acid groups (broad SMARTS) is 1. The van der Waals surface area contributed by atoms with Crippen molar-refractivity contribution in [1.82, 2.24) is 4.57 Å². The van der Waals surface area contributed by atoms with Gasteiger partial charge in [-0.15, -0.1) is 0 Å². The van der Waals surface area contributed by atoms with E-state index < -0.39 is 5.97 Å². The largest absolute Gasteiger partial charge is 0.477 e. The molecule has 0 fully saturated rings. The highest BCUT2D eigenvalue weighted by Gasteiger charge is 2.12. The number of carbonyl (C=O) groups is 1. The van der Waals surface area contributed by atoms with Crippen molar-refractivity contribution in [2.45, 2.75) is 19.9 Å². The van der Waals surface area contributed by atoms with Crippen molar-refractivity contribution >= 4 is 28.6 Å². The first kappa shape index (κ1) is 9.57. The number of halogens is 1. The predicted octanol–water partition coefficient (Wildman–Crippen LogP) is 2.37. The third-order valence-corrected chi connectivity index (χ3v) is 2.18. The van der Waals surface area contributed by atoms with Gasteiger partial charge in [-0.25, -0.2) is 4.79 Å². The highest BCUT2D eigenvalue weighted by molar-refractivity contribution is 14.1. The maximum Gasteiger partial charge on any atom is 0.352 e. The molecule has 66 valence electrons. The van der Waals surface area contributed by atoms with Crippen molar-refractivity contribution in [3.63, 3.8) is 0 Å². The van der Waals surface area contributed by atoms with E-state index in [-0.39, 0.29) is 6.04 Å². The smallest absolute Gasteiger partial charge is 0.352 e. The molecule has 1 aromatic heterocycles. The van der Waals surface area contributed by atoms with Gasteiger partial charge in [-0.05, 0) is 42.5 Å². The Morgan fingerprint density at radius 1 is 1.67 bits per heavy atom. The van der Waals surface area contributed by atoms with Gasteiger partial charge in [-0.1, -0.05) is 0 Å². The van der Waals surface area contributed by atoms with Gasteiger partial charge in [-0.3, -0.25) is 0 Å². The standard InChI is InChI=1S/C8H10INO2/c1-5(2)10-4-6(9)3-7(10)8(11)12/h3-5H,1-2H3,(H,11,12). The summed E-state index contributed by atoms with van der Waals surface area (Å²) in [7, 11) is 0.